The van der Waals surface area contributed by atoms with Gasteiger partial charge < -0.3 is 5.32 Å². The van der Waals surface area contributed by atoms with Crippen LogP contribution in [0.25, 0.3) is 0 Å². The van der Waals surface area contributed by atoms with Crippen LogP contribution in [0.1, 0.15) is 32.6 Å². The van der Waals surface area contributed by atoms with E-state index in [9.17, 15) is 4.79 Å². The fourth-order valence-corrected chi connectivity index (χ4v) is 2.23. The van der Waals surface area contributed by atoms with Gasteiger partial charge in [0.2, 0.25) is 5.91 Å². The van der Waals surface area contributed by atoms with E-state index in [-0.39, 0.29) is 5.91 Å². The van der Waals surface area contributed by atoms with Crippen molar-refractivity contribution in [1.29, 1.82) is 0 Å². The van der Waals surface area contributed by atoms with Crippen LogP contribution in [0.15, 0.2) is 0 Å². The summed E-state index contributed by atoms with van der Waals surface area (Å²) in [5.74, 6) is 1.40. The predicted molar refractivity (Wildman–Crippen MR) is 51.1 cm³/mol. The topological polar surface area (TPSA) is 29.1 Å². The van der Waals surface area contributed by atoms with Gasteiger partial charge in [0, 0.05) is 17.8 Å². The molecule has 3 heteroatoms. The van der Waals surface area contributed by atoms with Crippen LogP contribution in [0.3, 0.4) is 0 Å². The second-order valence-electron chi connectivity index (χ2n) is 2.73. The molecule has 1 N–H and O–H groups in total. The Balaban J connectivity index is 2.25. The Hall–Kier alpha value is -0.310. The normalized spacial score (nSPS) is 21.5. The fourth-order valence-electron chi connectivity index (χ4n) is 1.01. The van der Waals surface area contributed by atoms with Gasteiger partial charge in [0.25, 0.3) is 0 Å². The van der Waals surface area contributed by atoms with Crippen LogP contribution in [0.4, 0.5) is 0 Å². The fraction of sp³-hybridized carbons (Fsp3) is 0.750. The summed E-state index contributed by atoms with van der Waals surface area (Å²) in [7, 11) is 0. The molecule has 2 nitrogen and oxygen atoms in total. The van der Waals surface area contributed by atoms with E-state index >= 15 is 0 Å². The third-order valence-electron chi connectivity index (χ3n) is 1.69. The molecule has 1 aliphatic heterocycles. The van der Waals surface area contributed by atoms with E-state index in [2.05, 4.69) is 12.2 Å². The molecule has 1 aliphatic rings. The Morgan fingerprint density at radius 1 is 1.55 bits per heavy atom. The predicted octanol–water partition coefficient (Wildman–Crippen LogP) is 1.29. The number of amides is 1. The summed E-state index contributed by atoms with van der Waals surface area (Å²) in [4.78, 5) is 12.0. The van der Waals surface area contributed by atoms with E-state index in [4.69, 9.17) is 0 Å². The van der Waals surface area contributed by atoms with Crippen molar-refractivity contribution in [3.63, 3.8) is 0 Å². The third-order valence-corrected chi connectivity index (χ3v) is 2.94. The van der Waals surface area contributed by atoms with Gasteiger partial charge in [-0.1, -0.05) is 13.3 Å². The number of hydrogen-bond donors (Lipinski definition) is 2. The van der Waals surface area contributed by atoms with E-state index in [1.807, 2.05) is 0 Å². The Kier molecular flexibility index (Phi) is 3.63. The van der Waals surface area contributed by atoms with Gasteiger partial charge in [0.05, 0.1) is 0 Å². The number of carbonyl (C=O) groups excluding carboxylic acids is 1. The van der Waals surface area contributed by atoms with Gasteiger partial charge in [-0.3, -0.25) is 4.79 Å². The van der Waals surface area contributed by atoms with Crippen LogP contribution in [-0.4, -0.2) is 16.6 Å². The molecule has 0 bridgehead atoms. The van der Waals surface area contributed by atoms with Crippen molar-refractivity contribution in [2.75, 3.05) is 5.75 Å². The lowest BCUT2D eigenvalue weighted by Crippen LogP contribution is -2.18. The largest absolute Gasteiger partial charge is 0.325 e. The first-order chi connectivity index (χ1) is 5.33. The maximum absolute atomic E-state index is 10.7. The summed E-state index contributed by atoms with van der Waals surface area (Å²) in [5.41, 5.74) is 0. The van der Waals surface area contributed by atoms with E-state index < -0.39 is 0 Å². The molecule has 1 amide bonds. The average Bonchev–Trinajstić information content (AvgIpc) is 2.37. The number of carbonyl (C=O) groups is 1. The number of hydrogen-bond acceptors (Lipinski definition) is 1. The molecule has 0 saturated carbocycles. The van der Waals surface area contributed by atoms with Crippen LogP contribution in [0, 0.1) is 0 Å². The standard InChI is InChI=1S/C8H15NOS/c1-2-3-6-11-8-5-4-7(10)9-8/h11H,2-6H2,1H3,(H,9,10). The number of nitrogens with one attached hydrogen (secondary N) is 1. The SMILES string of the molecule is CCCC[SH]=C1CCC(=O)N1. The minimum Gasteiger partial charge on any atom is -0.325 e. The molecule has 1 saturated heterocycles. The van der Waals surface area contributed by atoms with E-state index in [0.29, 0.717) is 6.42 Å². The summed E-state index contributed by atoms with van der Waals surface area (Å²) in [6, 6.07) is 0. The Bertz CT molecular complexity index is 177. The molecule has 0 aliphatic carbocycles. The zero-order valence-electron chi connectivity index (χ0n) is 6.89. The quantitative estimate of drug-likeness (QED) is 0.376. The summed E-state index contributed by atoms with van der Waals surface area (Å²) in [6.45, 7) is 2.19. The van der Waals surface area contributed by atoms with Crippen molar-refractivity contribution in [3.05, 3.63) is 0 Å². The second kappa shape index (κ2) is 4.54. The summed E-state index contributed by atoms with van der Waals surface area (Å²) in [5, 5.41) is 2.88. The molecule has 0 spiro atoms. The number of unbranched alkanes of at least 4 members (excludes halogenated alkanes) is 1. The summed E-state index contributed by atoms with van der Waals surface area (Å²) in [6.07, 6.45) is 4.17. The Labute approximate surface area is 71.3 Å². The molecular formula is C8H15NOS. The molecular weight excluding hydrogens is 158 g/mol. The zero-order valence-corrected chi connectivity index (χ0v) is 7.79. The van der Waals surface area contributed by atoms with Crippen molar-refractivity contribution < 1.29 is 4.79 Å². The van der Waals surface area contributed by atoms with Gasteiger partial charge in [-0.05, 0) is 12.2 Å². The molecule has 1 fully saturated rings. The van der Waals surface area contributed by atoms with Gasteiger partial charge in [0.15, 0.2) is 0 Å². The molecule has 1 rings (SSSR count). The van der Waals surface area contributed by atoms with E-state index in [1.54, 1.807) is 0 Å². The maximum atomic E-state index is 10.7. The lowest BCUT2D eigenvalue weighted by Gasteiger charge is -1.96. The highest BCUT2D eigenvalue weighted by Gasteiger charge is 2.12. The highest BCUT2D eigenvalue weighted by molar-refractivity contribution is 7.98. The molecule has 0 aromatic rings. The van der Waals surface area contributed by atoms with E-state index in [0.717, 1.165) is 6.42 Å². The average molecular weight is 173 g/mol. The minimum absolute atomic E-state index is 0.198. The van der Waals surface area contributed by atoms with Gasteiger partial charge in [-0.15, -0.1) is 0 Å². The molecule has 0 atom stereocenters. The van der Waals surface area contributed by atoms with Crippen molar-refractivity contribution in [2.45, 2.75) is 32.6 Å². The molecule has 0 aromatic heterocycles. The lowest BCUT2D eigenvalue weighted by atomic mass is 10.4. The first-order valence-corrected chi connectivity index (χ1v) is 5.24. The zero-order chi connectivity index (χ0) is 8.10. The van der Waals surface area contributed by atoms with Gasteiger partial charge in [-0.2, -0.15) is 11.4 Å². The van der Waals surface area contributed by atoms with Crippen molar-refractivity contribution in [2.24, 2.45) is 0 Å². The summed E-state index contributed by atoms with van der Waals surface area (Å²) >= 11 is 1.33. The van der Waals surface area contributed by atoms with Crippen molar-refractivity contribution >= 4 is 22.2 Å². The van der Waals surface area contributed by atoms with Crippen LogP contribution < -0.4 is 5.32 Å². The molecule has 1 heterocycles. The highest BCUT2D eigenvalue weighted by atomic mass is 32.1. The monoisotopic (exact) mass is 173 g/mol. The molecule has 0 aromatic carbocycles. The van der Waals surface area contributed by atoms with Crippen molar-refractivity contribution in [3.8, 4) is 0 Å². The number of thiol groups is 1. The van der Waals surface area contributed by atoms with Crippen LogP contribution in [0.5, 0.6) is 0 Å². The Morgan fingerprint density at radius 3 is 2.91 bits per heavy atom. The molecule has 64 valence electrons. The highest BCUT2D eigenvalue weighted by Crippen LogP contribution is 2.06. The van der Waals surface area contributed by atoms with Crippen LogP contribution >= 0.6 is 11.4 Å². The lowest BCUT2D eigenvalue weighted by molar-refractivity contribution is -0.118. The van der Waals surface area contributed by atoms with E-state index in [1.165, 1.54) is 34.9 Å². The summed E-state index contributed by atoms with van der Waals surface area (Å²) < 4.78 is 0. The smallest absolute Gasteiger partial charge is 0.224 e. The number of rotatable bonds is 3. The molecule has 0 unspecified atom stereocenters. The van der Waals surface area contributed by atoms with Gasteiger partial charge >= 0.3 is 0 Å². The van der Waals surface area contributed by atoms with Crippen molar-refractivity contribution in [1.82, 2.24) is 5.32 Å². The van der Waals surface area contributed by atoms with Crippen LogP contribution in [0.2, 0.25) is 0 Å². The van der Waals surface area contributed by atoms with Gasteiger partial charge in [0.1, 0.15) is 0 Å². The maximum Gasteiger partial charge on any atom is 0.224 e. The van der Waals surface area contributed by atoms with Crippen LogP contribution in [-0.2, 0) is 4.79 Å². The third kappa shape index (κ3) is 3.06. The molecule has 0 radical (unpaired) electrons. The first kappa shape index (κ1) is 8.78. The molecule has 11 heavy (non-hydrogen) atoms. The Morgan fingerprint density at radius 2 is 2.36 bits per heavy atom. The second-order valence-corrected chi connectivity index (χ2v) is 4.03. The first-order valence-electron chi connectivity index (χ1n) is 4.16. The minimum atomic E-state index is 0.198. The van der Waals surface area contributed by atoms with Gasteiger partial charge in [-0.25, -0.2) is 0 Å².